The molecule has 0 unspecified atom stereocenters. The summed E-state index contributed by atoms with van der Waals surface area (Å²) in [6, 6.07) is 49.2. The lowest BCUT2D eigenvalue weighted by atomic mass is 9.81. The van der Waals surface area contributed by atoms with Crippen molar-refractivity contribution in [3.8, 4) is 33.4 Å². The fourth-order valence-electron chi connectivity index (χ4n) is 11.3. The van der Waals surface area contributed by atoms with E-state index in [9.17, 15) is 0 Å². The summed E-state index contributed by atoms with van der Waals surface area (Å²) in [7, 11) is 0. The largest absolute Gasteiger partial charge is 0.316 e. The van der Waals surface area contributed by atoms with Crippen molar-refractivity contribution >= 4 is 54.4 Å². The van der Waals surface area contributed by atoms with E-state index in [0.717, 1.165) is 0 Å². The van der Waals surface area contributed by atoms with Gasteiger partial charge in [-0.25, -0.2) is 0 Å². The lowest BCUT2D eigenvalue weighted by molar-refractivity contribution is 0.328. The Labute approximate surface area is 316 Å². The Bertz CT molecular complexity index is 3070. The zero-order valence-corrected chi connectivity index (χ0v) is 31.6. The average molecular weight is 697 g/mol. The monoisotopic (exact) mass is 696 g/mol. The second-order valence-electron chi connectivity index (χ2n) is 17.5. The minimum Gasteiger partial charge on any atom is -0.316 e. The molecule has 0 bridgehead atoms. The van der Waals surface area contributed by atoms with Crippen molar-refractivity contribution in [1.82, 2.24) is 9.13 Å². The summed E-state index contributed by atoms with van der Waals surface area (Å²) in [4.78, 5) is 0. The van der Waals surface area contributed by atoms with Crippen LogP contribution in [0.3, 0.4) is 0 Å². The Hall–Kier alpha value is -5.60. The normalized spacial score (nSPS) is 17.1. The molecule has 262 valence electrons. The molecule has 1 saturated carbocycles. The molecule has 2 aromatic heterocycles. The first-order valence-electron chi connectivity index (χ1n) is 20.1. The van der Waals surface area contributed by atoms with Crippen LogP contribution in [0.5, 0.6) is 0 Å². The summed E-state index contributed by atoms with van der Waals surface area (Å²) >= 11 is 0. The Balaban J connectivity index is 1.03. The van der Waals surface area contributed by atoms with Crippen molar-refractivity contribution in [1.29, 1.82) is 0 Å². The molecule has 0 amide bonds. The van der Waals surface area contributed by atoms with Gasteiger partial charge in [-0.15, -0.1) is 0 Å². The first-order chi connectivity index (χ1) is 26.3. The van der Waals surface area contributed by atoms with Crippen molar-refractivity contribution in [2.24, 2.45) is 0 Å². The molecule has 0 radical (unpaired) electrons. The summed E-state index contributed by atoms with van der Waals surface area (Å²) in [5.74, 6) is 0.693. The summed E-state index contributed by atoms with van der Waals surface area (Å²) in [5, 5.41) is 8.20. The van der Waals surface area contributed by atoms with E-state index in [1.165, 1.54) is 137 Å². The van der Waals surface area contributed by atoms with E-state index < -0.39 is 0 Å². The van der Waals surface area contributed by atoms with Crippen molar-refractivity contribution in [3.05, 3.63) is 144 Å². The second kappa shape index (κ2) is 10.5. The molecular weight excluding hydrogens is 653 g/mol. The summed E-state index contributed by atoms with van der Waals surface area (Å²) in [6.07, 6.45) is 6.76. The molecule has 2 aliphatic carbocycles. The molecule has 54 heavy (non-hydrogen) atoms. The predicted octanol–water partition coefficient (Wildman–Crippen LogP) is 14.3. The summed E-state index contributed by atoms with van der Waals surface area (Å²) in [6.45, 7) is 9.64. The minimum atomic E-state index is -0.293. The smallest absolute Gasteiger partial charge is 0.116 e. The lowest BCUT2D eigenvalue weighted by Crippen LogP contribution is -2.36. The quantitative estimate of drug-likeness (QED) is 0.174. The van der Waals surface area contributed by atoms with E-state index in [0.29, 0.717) is 5.92 Å². The Morgan fingerprint density at radius 1 is 0.481 bits per heavy atom. The molecule has 1 aliphatic heterocycles. The molecule has 3 heterocycles. The maximum absolute atomic E-state index is 2.66. The van der Waals surface area contributed by atoms with Gasteiger partial charge in [-0.05, 0) is 124 Å². The molecule has 0 N–H and O–H groups in total. The van der Waals surface area contributed by atoms with Gasteiger partial charge in [-0.3, -0.25) is 0 Å². The summed E-state index contributed by atoms with van der Waals surface area (Å²) < 4.78 is 5.31. The molecule has 0 atom stereocenters. The van der Waals surface area contributed by atoms with Gasteiger partial charge in [0.2, 0.25) is 0 Å². The topological polar surface area (TPSA) is 9.86 Å². The molecule has 2 nitrogen and oxygen atoms in total. The Morgan fingerprint density at radius 3 is 1.69 bits per heavy atom. The third-order valence-electron chi connectivity index (χ3n) is 13.9. The van der Waals surface area contributed by atoms with E-state index in [2.05, 4.69) is 164 Å². The van der Waals surface area contributed by atoms with Gasteiger partial charge in [0.15, 0.2) is 0 Å². The average Bonchev–Trinajstić information content (AvgIpc) is 3.81. The van der Waals surface area contributed by atoms with Crippen molar-refractivity contribution < 1.29 is 0 Å². The van der Waals surface area contributed by atoms with E-state index in [1.807, 2.05) is 0 Å². The second-order valence-corrected chi connectivity index (χ2v) is 17.5. The van der Waals surface area contributed by atoms with Crippen LogP contribution in [0.25, 0.3) is 87.8 Å². The first-order valence-corrected chi connectivity index (χ1v) is 20.1. The van der Waals surface area contributed by atoms with Gasteiger partial charge in [-0.2, -0.15) is 0 Å². The molecule has 12 rings (SSSR count). The number of hydrogen-bond acceptors (Lipinski definition) is 0. The number of hydrogen-bond donors (Lipinski definition) is 0. The third-order valence-corrected chi connectivity index (χ3v) is 13.9. The van der Waals surface area contributed by atoms with Gasteiger partial charge in [0.1, 0.15) is 5.66 Å². The number of aromatic nitrogens is 2. The van der Waals surface area contributed by atoms with Crippen LogP contribution in [0.1, 0.15) is 82.4 Å². The lowest BCUT2D eigenvalue weighted by Gasteiger charge is -2.36. The zero-order chi connectivity index (χ0) is 36.1. The SMILES string of the molecule is CC1(C)c2cc(-c3ccccc3)ccc2-c2ccc(-c3ccc4c(c3)c3ccc5ccc6c7cc(C8CCCCC8)ccc7n7c6c5c3n4C7(C)C)cc21. The highest BCUT2D eigenvalue weighted by Gasteiger charge is 2.38. The molecule has 1 fully saturated rings. The van der Waals surface area contributed by atoms with Gasteiger partial charge in [0, 0.05) is 32.3 Å². The van der Waals surface area contributed by atoms with Gasteiger partial charge >= 0.3 is 0 Å². The standard InChI is InChI=1S/C52H44N2/c1-51(2)44-29-36(32-13-9-6-10-14-32)17-21-38(44)39-22-18-37(30-45(39)51)35-20-26-47-43(28-35)41-24-16-33-15-23-40-42-27-34(31-11-7-5-8-12-31)19-25-46(42)53-49(40)48(33)50(41)54(47)52(53,3)4/h6,9-10,13-31H,5,7-8,11-12H2,1-4H3. The van der Waals surface area contributed by atoms with Gasteiger partial charge < -0.3 is 9.13 Å². The van der Waals surface area contributed by atoms with Crippen LogP contribution < -0.4 is 0 Å². The van der Waals surface area contributed by atoms with E-state index in [-0.39, 0.29) is 11.1 Å². The molecule has 0 saturated heterocycles. The number of fused-ring (bicyclic) bond motifs is 9. The first kappa shape index (κ1) is 30.8. The minimum absolute atomic E-state index is 0.0912. The van der Waals surface area contributed by atoms with E-state index in [1.54, 1.807) is 0 Å². The van der Waals surface area contributed by atoms with Gasteiger partial charge in [-0.1, -0.05) is 124 Å². The van der Waals surface area contributed by atoms with Gasteiger partial charge in [0.05, 0.1) is 22.1 Å². The summed E-state index contributed by atoms with van der Waals surface area (Å²) in [5.41, 5.74) is 17.2. The Morgan fingerprint density at radius 2 is 1.04 bits per heavy atom. The van der Waals surface area contributed by atoms with Crippen LogP contribution in [-0.2, 0) is 11.1 Å². The van der Waals surface area contributed by atoms with Gasteiger partial charge in [0.25, 0.3) is 0 Å². The third kappa shape index (κ3) is 3.91. The predicted molar refractivity (Wildman–Crippen MR) is 229 cm³/mol. The molecule has 7 aromatic carbocycles. The molecule has 9 aromatic rings. The highest BCUT2D eigenvalue weighted by atomic mass is 15.3. The van der Waals surface area contributed by atoms with Crippen molar-refractivity contribution in [2.75, 3.05) is 0 Å². The maximum Gasteiger partial charge on any atom is 0.116 e. The number of nitrogens with zero attached hydrogens (tertiary/aromatic N) is 2. The maximum atomic E-state index is 2.66. The van der Waals surface area contributed by atoms with Crippen LogP contribution in [-0.4, -0.2) is 9.13 Å². The van der Waals surface area contributed by atoms with Crippen molar-refractivity contribution in [3.63, 3.8) is 0 Å². The highest BCUT2D eigenvalue weighted by molar-refractivity contribution is 6.29. The number of rotatable bonds is 3. The molecule has 0 spiro atoms. The highest BCUT2D eigenvalue weighted by Crippen LogP contribution is 2.52. The molecule has 2 heteroatoms. The zero-order valence-electron chi connectivity index (χ0n) is 31.6. The van der Waals surface area contributed by atoms with Crippen LogP contribution in [0, 0.1) is 0 Å². The van der Waals surface area contributed by atoms with Crippen LogP contribution >= 0.6 is 0 Å². The molecule has 3 aliphatic rings. The van der Waals surface area contributed by atoms with Crippen LogP contribution in [0.4, 0.5) is 0 Å². The molecular formula is C52H44N2. The Kier molecular flexibility index (Phi) is 6.02. The fraction of sp³-hybridized carbons (Fsp3) is 0.231. The van der Waals surface area contributed by atoms with E-state index >= 15 is 0 Å². The van der Waals surface area contributed by atoms with Crippen LogP contribution in [0.15, 0.2) is 127 Å². The van der Waals surface area contributed by atoms with E-state index in [4.69, 9.17) is 0 Å². The van der Waals surface area contributed by atoms with Crippen LogP contribution in [0.2, 0.25) is 0 Å². The number of benzene rings is 7. The van der Waals surface area contributed by atoms with Crippen molar-refractivity contribution in [2.45, 2.75) is 76.8 Å². The fourth-order valence-corrected chi connectivity index (χ4v) is 11.3.